The molecule has 2 rings (SSSR count). The summed E-state index contributed by atoms with van der Waals surface area (Å²) in [5.41, 5.74) is 7.38. The largest absolute Gasteiger partial charge is 0.329 e. The Hall–Kier alpha value is -0.280. The minimum atomic E-state index is 0. The number of nitrogens with two attached hydrogens (primary N) is 1. The number of rotatable bonds is 4. The van der Waals surface area contributed by atoms with Crippen LogP contribution in [0.5, 0.6) is 0 Å². The Morgan fingerprint density at radius 1 is 1.41 bits per heavy atom. The van der Waals surface area contributed by atoms with Crippen LogP contribution in [0, 0.1) is 0 Å². The summed E-state index contributed by atoms with van der Waals surface area (Å²) in [6, 6.07) is 8.06. The van der Waals surface area contributed by atoms with Crippen molar-refractivity contribution >= 4 is 24.0 Å². The summed E-state index contributed by atoms with van der Waals surface area (Å²) in [7, 11) is 2.16. The average molecular weight is 275 g/mol. The van der Waals surface area contributed by atoms with Gasteiger partial charge in [0.05, 0.1) is 0 Å². The van der Waals surface area contributed by atoms with Gasteiger partial charge in [-0.15, -0.1) is 12.4 Å². The van der Waals surface area contributed by atoms with Crippen molar-refractivity contribution in [1.29, 1.82) is 0 Å². The van der Waals surface area contributed by atoms with E-state index in [0.29, 0.717) is 0 Å². The zero-order valence-corrected chi connectivity index (χ0v) is 11.7. The van der Waals surface area contributed by atoms with Gasteiger partial charge in [0.25, 0.3) is 0 Å². The highest BCUT2D eigenvalue weighted by Crippen LogP contribution is 2.36. The Morgan fingerprint density at radius 2 is 2.12 bits per heavy atom. The number of likely N-dealkylation sites (N-methyl/N-ethyl adjacent to an activating group) is 1. The molecule has 1 aromatic rings. The highest BCUT2D eigenvalue weighted by Gasteiger charge is 2.39. The third-order valence-corrected chi connectivity index (χ3v) is 4.02. The number of nitrogens with zero attached hydrogens (tertiary/aromatic N) is 1. The Labute approximate surface area is 115 Å². The molecule has 0 spiro atoms. The van der Waals surface area contributed by atoms with Crippen LogP contribution in [0.25, 0.3) is 0 Å². The Bertz CT molecular complexity index is 359. The molecule has 0 aliphatic heterocycles. The molecule has 0 amide bonds. The molecule has 0 atom stereocenters. The van der Waals surface area contributed by atoms with E-state index >= 15 is 0 Å². The Balaban J connectivity index is 0.00000144. The topological polar surface area (TPSA) is 29.3 Å². The van der Waals surface area contributed by atoms with Crippen LogP contribution >= 0.6 is 24.0 Å². The van der Waals surface area contributed by atoms with Crippen molar-refractivity contribution in [2.24, 2.45) is 5.73 Å². The summed E-state index contributed by atoms with van der Waals surface area (Å²) in [5.74, 6) is 0. The molecule has 96 valence electrons. The molecule has 0 bridgehead atoms. The van der Waals surface area contributed by atoms with E-state index < -0.39 is 0 Å². The monoisotopic (exact) mass is 274 g/mol. The molecule has 0 radical (unpaired) electrons. The summed E-state index contributed by atoms with van der Waals surface area (Å²) >= 11 is 5.98. The lowest BCUT2D eigenvalue weighted by Gasteiger charge is -2.48. The molecule has 1 aliphatic carbocycles. The van der Waals surface area contributed by atoms with Gasteiger partial charge in [-0.1, -0.05) is 23.7 Å². The van der Waals surface area contributed by atoms with Crippen LogP contribution in [0.1, 0.15) is 24.8 Å². The van der Waals surface area contributed by atoms with Gasteiger partial charge in [-0.3, -0.25) is 4.90 Å². The average Bonchev–Trinajstić information content (AvgIpc) is 2.16. The summed E-state index contributed by atoms with van der Waals surface area (Å²) in [4.78, 5) is 2.38. The maximum atomic E-state index is 5.98. The highest BCUT2D eigenvalue weighted by atomic mass is 35.5. The zero-order chi connectivity index (χ0) is 11.6. The van der Waals surface area contributed by atoms with Crippen LogP contribution in [0.2, 0.25) is 5.02 Å². The Kier molecular flexibility index (Phi) is 5.26. The minimum absolute atomic E-state index is 0. The maximum Gasteiger partial charge on any atom is 0.0409 e. The minimum Gasteiger partial charge on any atom is -0.329 e. The summed E-state index contributed by atoms with van der Waals surface area (Å²) in [6.07, 6.45) is 3.75. The third kappa shape index (κ3) is 3.14. The van der Waals surface area contributed by atoms with Crippen molar-refractivity contribution < 1.29 is 0 Å². The van der Waals surface area contributed by atoms with Gasteiger partial charge in [0.15, 0.2) is 0 Å². The molecule has 2 N–H and O–H groups in total. The molecule has 4 heteroatoms. The van der Waals surface area contributed by atoms with E-state index in [0.717, 1.165) is 18.1 Å². The molecule has 1 fully saturated rings. The fourth-order valence-electron chi connectivity index (χ4n) is 2.40. The second-order valence-corrected chi connectivity index (χ2v) is 5.20. The molecule has 0 heterocycles. The summed E-state index contributed by atoms with van der Waals surface area (Å²) < 4.78 is 0. The molecular formula is C13H20Cl2N2. The van der Waals surface area contributed by atoms with Crippen LogP contribution in [-0.4, -0.2) is 24.0 Å². The lowest BCUT2D eigenvalue weighted by atomic mass is 9.75. The molecule has 0 aromatic heterocycles. The van der Waals surface area contributed by atoms with E-state index in [-0.39, 0.29) is 17.9 Å². The second kappa shape index (κ2) is 6.05. The predicted octanol–water partition coefficient (Wildman–Crippen LogP) is 3.08. The lowest BCUT2D eigenvalue weighted by Crippen LogP contribution is -2.56. The van der Waals surface area contributed by atoms with Gasteiger partial charge in [-0.2, -0.15) is 0 Å². The van der Waals surface area contributed by atoms with Crippen LogP contribution in [-0.2, 0) is 6.54 Å². The van der Waals surface area contributed by atoms with Crippen molar-refractivity contribution in [3.8, 4) is 0 Å². The van der Waals surface area contributed by atoms with Crippen molar-refractivity contribution in [3.63, 3.8) is 0 Å². The van der Waals surface area contributed by atoms with Gasteiger partial charge in [-0.25, -0.2) is 0 Å². The van der Waals surface area contributed by atoms with Gasteiger partial charge in [0, 0.05) is 23.7 Å². The predicted molar refractivity (Wildman–Crippen MR) is 75.8 cm³/mol. The fourth-order valence-corrected chi connectivity index (χ4v) is 2.62. The normalized spacial score (nSPS) is 17.4. The number of halogens is 2. The van der Waals surface area contributed by atoms with Crippen molar-refractivity contribution in [2.75, 3.05) is 13.6 Å². The number of hydrogen-bond acceptors (Lipinski definition) is 2. The molecular weight excluding hydrogens is 255 g/mol. The van der Waals surface area contributed by atoms with Gasteiger partial charge < -0.3 is 5.73 Å². The van der Waals surface area contributed by atoms with Crippen LogP contribution < -0.4 is 5.73 Å². The van der Waals surface area contributed by atoms with Crippen molar-refractivity contribution in [3.05, 3.63) is 34.9 Å². The first kappa shape index (κ1) is 14.8. The first-order valence-electron chi connectivity index (χ1n) is 5.82. The van der Waals surface area contributed by atoms with Crippen LogP contribution in [0.4, 0.5) is 0 Å². The van der Waals surface area contributed by atoms with E-state index in [1.54, 1.807) is 0 Å². The molecule has 0 saturated heterocycles. The first-order valence-corrected chi connectivity index (χ1v) is 6.20. The van der Waals surface area contributed by atoms with Crippen molar-refractivity contribution in [1.82, 2.24) is 4.90 Å². The molecule has 1 aliphatic rings. The molecule has 2 nitrogen and oxygen atoms in total. The fraction of sp³-hybridized carbons (Fsp3) is 0.538. The van der Waals surface area contributed by atoms with Gasteiger partial charge in [0.2, 0.25) is 0 Å². The standard InChI is InChI=1S/C13H19ClN2.ClH/c1-16(13(10-15)6-3-7-13)9-11-4-2-5-12(14)8-11;/h2,4-5,8H,3,6-7,9-10,15H2,1H3;1H. The van der Waals surface area contributed by atoms with Crippen molar-refractivity contribution in [2.45, 2.75) is 31.3 Å². The highest BCUT2D eigenvalue weighted by molar-refractivity contribution is 6.30. The maximum absolute atomic E-state index is 5.98. The lowest BCUT2D eigenvalue weighted by molar-refractivity contribution is 0.0398. The zero-order valence-electron chi connectivity index (χ0n) is 10.2. The number of hydrogen-bond donors (Lipinski definition) is 1. The van der Waals surface area contributed by atoms with Gasteiger partial charge in [0.1, 0.15) is 0 Å². The molecule has 1 saturated carbocycles. The van der Waals surface area contributed by atoms with Gasteiger partial charge in [-0.05, 0) is 44.0 Å². The van der Waals surface area contributed by atoms with Gasteiger partial charge >= 0.3 is 0 Å². The molecule has 17 heavy (non-hydrogen) atoms. The van der Waals surface area contributed by atoms with E-state index in [1.807, 2.05) is 18.2 Å². The van der Waals surface area contributed by atoms with E-state index in [1.165, 1.54) is 24.8 Å². The van der Waals surface area contributed by atoms with E-state index in [4.69, 9.17) is 17.3 Å². The third-order valence-electron chi connectivity index (χ3n) is 3.78. The molecule has 1 aromatic carbocycles. The first-order chi connectivity index (χ1) is 7.66. The van der Waals surface area contributed by atoms with E-state index in [9.17, 15) is 0 Å². The number of benzene rings is 1. The quantitative estimate of drug-likeness (QED) is 0.915. The van der Waals surface area contributed by atoms with E-state index in [2.05, 4.69) is 18.0 Å². The molecule has 0 unspecified atom stereocenters. The smallest absolute Gasteiger partial charge is 0.0409 e. The van der Waals surface area contributed by atoms with Crippen LogP contribution in [0.3, 0.4) is 0 Å². The summed E-state index contributed by atoms with van der Waals surface area (Å²) in [5, 5.41) is 0.807. The summed E-state index contributed by atoms with van der Waals surface area (Å²) in [6.45, 7) is 1.68. The Morgan fingerprint density at radius 3 is 2.59 bits per heavy atom. The van der Waals surface area contributed by atoms with Crippen LogP contribution in [0.15, 0.2) is 24.3 Å². The second-order valence-electron chi connectivity index (χ2n) is 4.77. The SMILES string of the molecule is CN(Cc1cccc(Cl)c1)C1(CN)CCC1.Cl.